The predicted molar refractivity (Wildman–Crippen MR) is 199 cm³/mol. The Bertz CT molecular complexity index is 2300. The molecule has 0 radical (unpaired) electrons. The monoisotopic (exact) mass is 744 g/mol. The fourth-order valence-corrected chi connectivity index (χ4v) is 7.04. The van der Waals surface area contributed by atoms with Gasteiger partial charge in [0.15, 0.2) is 27.8 Å². The maximum atomic E-state index is 14.4. The van der Waals surface area contributed by atoms with Gasteiger partial charge in [0, 0.05) is 5.56 Å². The van der Waals surface area contributed by atoms with Crippen LogP contribution in [0.15, 0.2) is 100 Å². The first-order chi connectivity index (χ1) is 24.8. The van der Waals surface area contributed by atoms with E-state index in [4.69, 9.17) is 51.9 Å². The Morgan fingerprint density at radius 2 is 1.61 bits per heavy atom. The molecule has 0 N–H and O–H groups in total. The number of carbonyl (C=O) groups is 1. The van der Waals surface area contributed by atoms with Crippen LogP contribution in [0.3, 0.4) is 0 Å². The van der Waals surface area contributed by atoms with Crippen molar-refractivity contribution in [2.45, 2.75) is 26.5 Å². The van der Waals surface area contributed by atoms with Gasteiger partial charge in [-0.05, 0) is 73.0 Å². The van der Waals surface area contributed by atoms with Gasteiger partial charge in [-0.1, -0.05) is 83.1 Å². The lowest BCUT2D eigenvalue weighted by Gasteiger charge is -2.26. The second-order valence-electron chi connectivity index (χ2n) is 11.2. The Kier molecular flexibility index (Phi) is 11.1. The molecule has 4 aromatic carbocycles. The van der Waals surface area contributed by atoms with Crippen molar-refractivity contribution >= 4 is 52.3 Å². The summed E-state index contributed by atoms with van der Waals surface area (Å²) in [4.78, 5) is 33.6. The molecular formula is C39H34Cl2N2O7S. The number of ether oxygens (including phenoxy) is 5. The van der Waals surface area contributed by atoms with Gasteiger partial charge in [0.05, 0.1) is 59.3 Å². The number of hydrogen-bond donors (Lipinski definition) is 0. The van der Waals surface area contributed by atoms with Crippen LogP contribution in [0.5, 0.6) is 23.0 Å². The Morgan fingerprint density at radius 1 is 0.843 bits per heavy atom. The van der Waals surface area contributed by atoms with E-state index >= 15 is 0 Å². The number of halogens is 2. The van der Waals surface area contributed by atoms with Crippen LogP contribution in [-0.4, -0.2) is 38.0 Å². The topological polar surface area (TPSA) is 97.6 Å². The van der Waals surface area contributed by atoms with Gasteiger partial charge < -0.3 is 23.7 Å². The lowest BCUT2D eigenvalue weighted by Crippen LogP contribution is -2.40. The van der Waals surface area contributed by atoms with Gasteiger partial charge >= 0.3 is 5.97 Å². The van der Waals surface area contributed by atoms with Gasteiger partial charge in [-0.2, -0.15) is 0 Å². The van der Waals surface area contributed by atoms with Gasteiger partial charge in [0.2, 0.25) is 0 Å². The van der Waals surface area contributed by atoms with Gasteiger partial charge in [-0.15, -0.1) is 0 Å². The van der Waals surface area contributed by atoms with E-state index in [1.807, 2.05) is 61.5 Å². The van der Waals surface area contributed by atoms with Crippen molar-refractivity contribution in [1.82, 2.24) is 4.57 Å². The largest absolute Gasteiger partial charge is 0.493 e. The summed E-state index contributed by atoms with van der Waals surface area (Å²) in [6.45, 7) is 4.41. The molecule has 2 heterocycles. The number of hydrogen-bond acceptors (Lipinski definition) is 9. The molecule has 5 aromatic rings. The van der Waals surface area contributed by atoms with Crippen molar-refractivity contribution in [3.05, 3.63) is 142 Å². The van der Waals surface area contributed by atoms with Crippen LogP contribution in [0.4, 0.5) is 0 Å². The van der Waals surface area contributed by atoms with Crippen molar-refractivity contribution in [2.75, 3.05) is 27.4 Å². The highest BCUT2D eigenvalue weighted by molar-refractivity contribution is 7.07. The minimum absolute atomic E-state index is 0.142. The number of esters is 1. The van der Waals surface area contributed by atoms with E-state index in [0.717, 1.165) is 5.56 Å². The second-order valence-corrected chi connectivity index (χ2v) is 13.0. The van der Waals surface area contributed by atoms with Crippen LogP contribution in [0.25, 0.3) is 11.8 Å². The number of rotatable bonds is 12. The molecule has 51 heavy (non-hydrogen) atoms. The molecule has 0 bridgehead atoms. The van der Waals surface area contributed by atoms with Crippen LogP contribution in [-0.2, 0) is 16.1 Å². The maximum absolute atomic E-state index is 14.4. The van der Waals surface area contributed by atoms with Gasteiger partial charge in [-0.25, -0.2) is 9.79 Å². The molecule has 1 aromatic heterocycles. The van der Waals surface area contributed by atoms with Crippen molar-refractivity contribution in [1.29, 1.82) is 0 Å². The molecule has 1 aliphatic rings. The zero-order valence-corrected chi connectivity index (χ0v) is 30.6. The number of methoxy groups -OCH3 is 2. The second kappa shape index (κ2) is 15.9. The average Bonchev–Trinajstić information content (AvgIpc) is 3.45. The smallest absolute Gasteiger partial charge is 0.338 e. The minimum Gasteiger partial charge on any atom is -0.493 e. The normalized spacial score (nSPS) is 14.1. The summed E-state index contributed by atoms with van der Waals surface area (Å²) < 4.78 is 30.6. The van der Waals surface area contributed by atoms with E-state index < -0.39 is 12.0 Å². The molecule has 1 aliphatic heterocycles. The summed E-state index contributed by atoms with van der Waals surface area (Å²) in [5, 5.41) is 0.909. The van der Waals surface area contributed by atoms with Crippen molar-refractivity contribution in [3.63, 3.8) is 0 Å². The van der Waals surface area contributed by atoms with E-state index in [2.05, 4.69) is 0 Å². The Labute approximate surface area is 308 Å². The summed E-state index contributed by atoms with van der Waals surface area (Å²) in [7, 11) is 3.08. The minimum atomic E-state index is -0.881. The Hall–Kier alpha value is -5.03. The first kappa shape index (κ1) is 35.8. The molecule has 6 rings (SSSR count). The van der Waals surface area contributed by atoms with E-state index in [0.29, 0.717) is 71.4 Å². The number of fused-ring (bicyclic) bond motifs is 1. The summed E-state index contributed by atoms with van der Waals surface area (Å²) in [6.07, 6.45) is 1.77. The number of benzene rings is 4. The average molecular weight is 746 g/mol. The molecule has 262 valence electrons. The first-order valence-electron chi connectivity index (χ1n) is 16.1. The summed E-state index contributed by atoms with van der Waals surface area (Å²) in [6, 6.07) is 24.6. The molecule has 9 nitrogen and oxygen atoms in total. The molecular weight excluding hydrogens is 711 g/mol. The highest BCUT2D eigenvalue weighted by Gasteiger charge is 2.35. The third kappa shape index (κ3) is 7.54. The van der Waals surface area contributed by atoms with Crippen LogP contribution in [0.1, 0.15) is 42.1 Å². The third-order valence-corrected chi connectivity index (χ3v) is 9.76. The molecule has 0 saturated carbocycles. The van der Waals surface area contributed by atoms with E-state index in [-0.39, 0.29) is 24.3 Å². The highest BCUT2D eigenvalue weighted by atomic mass is 35.5. The third-order valence-electron chi connectivity index (χ3n) is 8.04. The van der Waals surface area contributed by atoms with Gasteiger partial charge in [-0.3, -0.25) is 9.36 Å². The standard InChI is InChI=1S/C39H34Cl2N2O7S/c1-5-48-32-19-23(13-16-30(32)50-22-24-12-15-27(40)28(41)18-24)20-33-37(44)43-36(26-14-17-29(46-3)31(21-26)47-4)34(38(45)49-6-2)35(42-39(43)51-33)25-10-8-7-9-11-25/h7-21,36H,5-6,22H2,1-4H3/b33-20-/t36-/m0/s1. The van der Waals surface area contributed by atoms with Crippen LogP contribution in [0.2, 0.25) is 10.0 Å². The number of thiazole rings is 1. The quantitative estimate of drug-likeness (QED) is 0.124. The van der Waals surface area contributed by atoms with Gasteiger partial charge in [0.1, 0.15) is 6.61 Å². The molecule has 12 heteroatoms. The van der Waals surface area contributed by atoms with Crippen molar-refractivity contribution in [2.24, 2.45) is 4.99 Å². The number of nitrogens with zero attached hydrogens (tertiary/aromatic N) is 2. The highest BCUT2D eigenvalue weighted by Crippen LogP contribution is 2.38. The van der Waals surface area contributed by atoms with E-state index in [9.17, 15) is 9.59 Å². The molecule has 0 fully saturated rings. The Morgan fingerprint density at radius 3 is 2.31 bits per heavy atom. The SMILES string of the molecule is CCOC(=O)C1=C(c2ccccc2)N=c2s/c(=C\c3ccc(OCc4ccc(Cl)c(Cl)c4)c(OCC)c3)c(=O)n2[C@H]1c1ccc(OC)c(OC)c1. The number of carbonyl (C=O) groups excluding carboxylic acids is 1. The zero-order valence-electron chi connectivity index (χ0n) is 28.3. The first-order valence-corrected chi connectivity index (χ1v) is 17.7. The van der Waals surface area contributed by atoms with Crippen molar-refractivity contribution in [3.8, 4) is 23.0 Å². The molecule has 1 atom stereocenters. The van der Waals surface area contributed by atoms with Crippen LogP contribution < -0.4 is 33.8 Å². The fourth-order valence-electron chi connectivity index (χ4n) is 5.72. The van der Waals surface area contributed by atoms with E-state index in [1.54, 1.807) is 50.4 Å². The zero-order chi connectivity index (χ0) is 36.1. The molecule has 0 amide bonds. The predicted octanol–water partition coefficient (Wildman–Crippen LogP) is 7.24. The summed E-state index contributed by atoms with van der Waals surface area (Å²) >= 11 is 13.5. The lowest BCUT2D eigenvalue weighted by atomic mass is 9.93. The summed E-state index contributed by atoms with van der Waals surface area (Å²) in [5.74, 6) is 1.42. The lowest BCUT2D eigenvalue weighted by molar-refractivity contribution is -0.138. The molecule has 0 spiro atoms. The molecule has 0 aliphatic carbocycles. The van der Waals surface area contributed by atoms with E-state index in [1.165, 1.54) is 23.0 Å². The number of aromatic nitrogens is 1. The maximum Gasteiger partial charge on any atom is 0.338 e. The summed E-state index contributed by atoms with van der Waals surface area (Å²) in [5.41, 5.74) is 3.21. The molecule has 0 saturated heterocycles. The van der Waals surface area contributed by atoms with Crippen LogP contribution in [0, 0.1) is 0 Å². The fraction of sp³-hybridized carbons (Fsp3) is 0.205. The van der Waals surface area contributed by atoms with Crippen molar-refractivity contribution < 1.29 is 28.5 Å². The molecule has 0 unspecified atom stereocenters. The Balaban J connectivity index is 1.49. The van der Waals surface area contributed by atoms with Gasteiger partial charge in [0.25, 0.3) is 5.56 Å². The van der Waals surface area contributed by atoms with Crippen LogP contribution >= 0.6 is 34.5 Å².